The highest BCUT2D eigenvalue weighted by Gasteiger charge is 2.12. The van der Waals surface area contributed by atoms with Crippen LogP contribution in [0.4, 0.5) is 4.39 Å². The van der Waals surface area contributed by atoms with Crippen LogP contribution in [0.15, 0.2) is 48.5 Å². The second-order valence-corrected chi connectivity index (χ2v) is 5.27. The number of carbonyl (C=O) groups is 1. The summed E-state index contributed by atoms with van der Waals surface area (Å²) in [5.41, 5.74) is 2.97. The molecule has 0 atom stereocenters. The lowest BCUT2D eigenvalue weighted by Gasteiger charge is -2.09. The number of hydrogen-bond acceptors (Lipinski definition) is 2. The predicted molar refractivity (Wildman–Crippen MR) is 86.6 cm³/mol. The van der Waals surface area contributed by atoms with Gasteiger partial charge in [0.2, 0.25) is 0 Å². The molecule has 0 spiro atoms. The molecule has 2 aromatic carbocycles. The molecule has 0 fully saturated rings. The largest absolute Gasteiger partial charge is 0.380 e. The fraction of sp³-hybridized carbons (Fsp3) is 0.167. The van der Waals surface area contributed by atoms with Crippen LogP contribution in [0.1, 0.15) is 21.6 Å². The maximum Gasteiger partial charge on any atom is 0.267 e. The van der Waals surface area contributed by atoms with E-state index in [4.69, 9.17) is 4.74 Å². The van der Waals surface area contributed by atoms with Gasteiger partial charge in [-0.05, 0) is 29.3 Å². The third-order valence-corrected chi connectivity index (χ3v) is 3.71. The highest BCUT2D eigenvalue weighted by Crippen LogP contribution is 2.18. The number of aromatic nitrogens is 1. The van der Waals surface area contributed by atoms with Crippen LogP contribution >= 0.6 is 0 Å². The molecule has 118 valence electrons. The second-order valence-electron chi connectivity index (χ2n) is 5.27. The Hall–Kier alpha value is -2.66. The Kier molecular flexibility index (Phi) is 4.39. The number of H-pyrrole nitrogens is 1. The zero-order valence-electron chi connectivity index (χ0n) is 12.7. The predicted octanol–water partition coefficient (Wildman–Crippen LogP) is 3.38. The van der Waals surface area contributed by atoms with Crippen molar-refractivity contribution in [2.24, 2.45) is 0 Å². The van der Waals surface area contributed by atoms with E-state index < -0.39 is 0 Å². The molecule has 0 radical (unpaired) electrons. The van der Waals surface area contributed by atoms with Crippen molar-refractivity contribution in [3.8, 4) is 0 Å². The highest BCUT2D eigenvalue weighted by atomic mass is 19.1. The Bertz CT molecular complexity index is 842. The minimum Gasteiger partial charge on any atom is -0.380 e. The Labute approximate surface area is 133 Å². The maximum absolute atomic E-state index is 13.7. The summed E-state index contributed by atoms with van der Waals surface area (Å²) in [6, 6.07) is 14.0. The SMILES string of the molecule is COCc1ccccc1CNC(=O)c1cc2c(F)cccc2[nH]1. The number of halogens is 1. The molecule has 0 aliphatic heterocycles. The van der Waals surface area contributed by atoms with Gasteiger partial charge in [-0.1, -0.05) is 30.3 Å². The van der Waals surface area contributed by atoms with E-state index in [-0.39, 0.29) is 11.7 Å². The summed E-state index contributed by atoms with van der Waals surface area (Å²) in [7, 11) is 1.63. The van der Waals surface area contributed by atoms with Crippen molar-refractivity contribution < 1.29 is 13.9 Å². The molecule has 1 heterocycles. The lowest BCUT2D eigenvalue weighted by atomic mass is 10.1. The van der Waals surface area contributed by atoms with Crippen LogP contribution in [-0.2, 0) is 17.9 Å². The normalized spacial score (nSPS) is 10.9. The van der Waals surface area contributed by atoms with Gasteiger partial charge in [0.25, 0.3) is 5.91 Å². The number of rotatable bonds is 5. The van der Waals surface area contributed by atoms with Crippen LogP contribution in [0.3, 0.4) is 0 Å². The summed E-state index contributed by atoms with van der Waals surface area (Å²) < 4.78 is 18.8. The molecule has 3 rings (SSSR count). The van der Waals surface area contributed by atoms with Gasteiger partial charge in [0.05, 0.1) is 6.61 Å². The lowest BCUT2D eigenvalue weighted by Crippen LogP contribution is -2.23. The van der Waals surface area contributed by atoms with E-state index in [1.54, 1.807) is 19.2 Å². The zero-order valence-corrected chi connectivity index (χ0v) is 12.7. The van der Waals surface area contributed by atoms with Crippen LogP contribution in [0.5, 0.6) is 0 Å². The molecule has 0 unspecified atom stereocenters. The molecule has 4 nitrogen and oxygen atoms in total. The first kappa shape index (κ1) is 15.2. The van der Waals surface area contributed by atoms with Crippen molar-refractivity contribution in [2.45, 2.75) is 13.2 Å². The van der Waals surface area contributed by atoms with Gasteiger partial charge in [-0.2, -0.15) is 0 Å². The average molecular weight is 312 g/mol. The molecule has 0 bridgehead atoms. The topological polar surface area (TPSA) is 54.1 Å². The Morgan fingerprint density at radius 1 is 1.17 bits per heavy atom. The van der Waals surface area contributed by atoms with Gasteiger partial charge in [0, 0.05) is 24.6 Å². The first-order valence-corrected chi connectivity index (χ1v) is 7.30. The molecule has 1 aromatic heterocycles. The van der Waals surface area contributed by atoms with Crippen LogP contribution in [0, 0.1) is 5.82 Å². The fourth-order valence-electron chi connectivity index (χ4n) is 2.54. The number of hydrogen-bond donors (Lipinski definition) is 2. The monoisotopic (exact) mass is 312 g/mol. The van der Waals surface area contributed by atoms with E-state index in [0.29, 0.717) is 29.7 Å². The van der Waals surface area contributed by atoms with Gasteiger partial charge in [0.1, 0.15) is 11.5 Å². The molecule has 0 saturated heterocycles. The summed E-state index contributed by atoms with van der Waals surface area (Å²) in [6.45, 7) is 0.875. The van der Waals surface area contributed by atoms with Gasteiger partial charge < -0.3 is 15.0 Å². The Morgan fingerprint density at radius 2 is 1.96 bits per heavy atom. The first-order valence-electron chi connectivity index (χ1n) is 7.30. The molecule has 0 aliphatic rings. The number of aromatic amines is 1. The quantitative estimate of drug-likeness (QED) is 0.759. The van der Waals surface area contributed by atoms with Crippen LogP contribution in [-0.4, -0.2) is 18.0 Å². The Balaban J connectivity index is 1.75. The molecular weight excluding hydrogens is 295 g/mol. The summed E-state index contributed by atoms with van der Waals surface area (Å²) in [5, 5.41) is 3.26. The third-order valence-electron chi connectivity index (χ3n) is 3.71. The number of amides is 1. The van der Waals surface area contributed by atoms with E-state index >= 15 is 0 Å². The van der Waals surface area contributed by atoms with Crippen molar-refractivity contribution in [3.63, 3.8) is 0 Å². The lowest BCUT2D eigenvalue weighted by molar-refractivity contribution is 0.0946. The third kappa shape index (κ3) is 3.24. The number of methoxy groups -OCH3 is 1. The summed E-state index contributed by atoms with van der Waals surface area (Å²) in [4.78, 5) is 15.2. The summed E-state index contributed by atoms with van der Waals surface area (Å²) in [5.74, 6) is -0.615. The summed E-state index contributed by atoms with van der Waals surface area (Å²) >= 11 is 0. The molecule has 0 aliphatic carbocycles. The van der Waals surface area contributed by atoms with E-state index in [0.717, 1.165) is 11.1 Å². The molecule has 23 heavy (non-hydrogen) atoms. The van der Waals surface area contributed by atoms with Gasteiger partial charge >= 0.3 is 0 Å². The van der Waals surface area contributed by atoms with E-state index in [2.05, 4.69) is 10.3 Å². The van der Waals surface area contributed by atoms with E-state index in [1.165, 1.54) is 12.1 Å². The van der Waals surface area contributed by atoms with Gasteiger partial charge in [-0.15, -0.1) is 0 Å². The van der Waals surface area contributed by atoms with Crippen molar-refractivity contribution in [3.05, 3.63) is 71.2 Å². The molecule has 3 aromatic rings. The second kappa shape index (κ2) is 6.62. The number of ether oxygens (including phenoxy) is 1. The van der Waals surface area contributed by atoms with E-state index in [9.17, 15) is 9.18 Å². The van der Waals surface area contributed by atoms with Crippen molar-refractivity contribution in [2.75, 3.05) is 7.11 Å². The Morgan fingerprint density at radius 3 is 2.70 bits per heavy atom. The van der Waals surface area contributed by atoms with Gasteiger partial charge in [0.15, 0.2) is 0 Å². The average Bonchev–Trinajstić information content (AvgIpc) is 3.00. The van der Waals surface area contributed by atoms with Crippen LogP contribution in [0.2, 0.25) is 0 Å². The number of nitrogens with one attached hydrogen (secondary N) is 2. The maximum atomic E-state index is 13.7. The molecule has 0 saturated carbocycles. The first-order chi connectivity index (χ1) is 11.2. The fourth-order valence-corrected chi connectivity index (χ4v) is 2.54. The van der Waals surface area contributed by atoms with Crippen molar-refractivity contribution in [1.29, 1.82) is 0 Å². The molecule has 1 amide bonds. The zero-order chi connectivity index (χ0) is 16.2. The number of fused-ring (bicyclic) bond motifs is 1. The molecule has 5 heteroatoms. The highest BCUT2D eigenvalue weighted by molar-refractivity contribution is 5.98. The number of benzene rings is 2. The van der Waals surface area contributed by atoms with Crippen molar-refractivity contribution in [1.82, 2.24) is 10.3 Å². The number of carbonyl (C=O) groups excluding carboxylic acids is 1. The van der Waals surface area contributed by atoms with E-state index in [1.807, 2.05) is 24.3 Å². The van der Waals surface area contributed by atoms with Crippen LogP contribution in [0.25, 0.3) is 10.9 Å². The molecule has 2 N–H and O–H groups in total. The van der Waals surface area contributed by atoms with Crippen LogP contribution < -0.4 is 5.32 Å². The minimum absolute atomic E-state index is 0.271. The van der Waals surface area contributed by atoms with Gasteiger partial charge in [-0.25, -0.2) is 4.39 Å². The van der Waals surface area contributed by atoms with Crippen molar-refractivity contribution >= 4 is 16.8 Å². The summed E-state index contributed by atoms with van der Waals surface area (Å²) in [6.07, 6.45) is 0. The standard InChI is InChI=1S/C18H17FN2O2/c1-23-11-13-6-3-2-5-12(13)10-20-18(22)17-9-14-15(19)7-4-8-16(14)21-17/h2-9,21H,10-11H2,1H3,(H,20,22). The van der Waals surface area contributed by atoms with Gasteiger partial charge in [-0.3, -0.25) is 4.79 Å². The smallest absolute Gasteiger partial charge is 0.267 e. The molecular formula is C18H17FN2O2. The minimum atomic E-state index is -0.344.